The predicted molar refractivity (Wildman–Crippen MR) is 73.6 cm³/mol. The van der Waals surface area contributed by atoms with E-state index >= 15 is 0 Å². The molecule has 19 heavy (non-hydrogen) atoms. The van der Waals surface area contributed by atoms with Crippen molar-refractivity contribution in [2.75, 3.05) is 0 Å². The number of hydrogen-bond donors (Lipinski definition) is 3. The molecule has 0 aromatic heterocycles. The van der Waals surface area contributed by atoms with Gasteiger partial charge in [0.1, 0.15) is 6.04 Å². The monoisotopic (exact) mass is 270 g/mol. The van der Waals surface area contributed by atoms with E-state index in [1.165, 1.54) is 0 Å². The minimum Gasteiger partial charge on any atom is -0.480 e. The Balaban J connectivity index is 2.67. The van der Waals surface area contributed by atoms with Crippen molar-refractivity contribution in [2.45, 2.75) is 64.5 Å². The van der Waals surface area contributed by atoms with Gasteiger partial charge in [0.15, 0.2) is 0 Å². The van der Waals surface area contributed by atoms with Crippen molar-refractivity contribution >= 4 is 11.9 Å². The third-order valence-electron chi connectivity index (χ3n) is 4.18. The lowest BCUT2D eigenvalue weighted by Crippen LogP contribution is -2.50. The summed E-state index contributed by atoms with van der Waals surface area (Å²) < 4.78 is 0. The number of nitrogens with two attached hydrogens (primary N) is 1. The molecule has 5 nitrogen and oxygen atoms in total. The molecule has 4 unspecified atom stereocenters. The molecule has 1 saturated carbocycles. The molecule has 0 radical (unpaired) electrons. The topological polar surface area (TPSA) is 92.4 Å². The maximum atomic E-state index is 12.2. The highest BCUT2D eigenvalue weighted by molar-refractivity contribution is 5.85. The number of carboxylic acids is 1. The Hall–Kier alpha value is -1.10. The molecule has 0 aliphatic heterocycles. The van der Waals surface area contributed by atoms with Crippen LogP contribution in [0.25, 0.3) is 0 Å². The van der Waals surface area contributed by atoms with Gasteiger partial charge < -0.3 is 16.2 Å². The Labute approximate surface area is 114 Å². The molecule has 1 fully saturated rings. The highest BCUT2D eigenvalue weighted by Gasteiger charge is 2.32. The van der Waals surface area contributed by atoms with E-state index in [4.69, 9.17) is 5.73 Å². The van der Waals surface area contributed by atoms with Crippen molar-refractivity contribution in [1.82, 2.24) is 5.32 Å². The molecule has 4 atom stereocenters. The lowest BCUT2D eigenvalue weighted by atomic mass is 9.92. The van der Waals surface area contributed by atoms with Crippen LogP contribution in [-0.4, -0.2) is 29.1 Å². The SMILES string of the molecule is CCC(C)C(NC(=O)C1CCCCCC1N)C(=O)O. The number of rotatable bonds is 5. The average molecular weight is 270 g/mol. The zero-order chi connectivity index (χ0) is 14.4. The second kappa shape index (κ2) is 7.48. The first-order chi connectivity index (χ1) is 8.97. The Morgan fingerprint density at radius 3 is 2.53 bits per heavy atom. The lowest BCUT2D eigenvalue weighted by Gasteiger charge is -2.25. The average Bonchev–Trinajstić information content (AvgIpc) is 2.59. The Bertz CT molecular complexity index is 320. The number of amides is 1. The quantitative estimate of drug-likeness (QED) is 0.660. The molecule has 1 rings (SSSR count). The van der Waals surface area contributed by atoms with Gasteiger partial charge in [-0.05, 0) is 18.8 Å². The van der Waals surface area contributed by atoms with Crippen LogP contribution in [0.4, 0.5) is 0 Å². The number of aliphatic carboxylic acids is 1. The van der Waals surface area contributed by atoms with Gasteiger partial charge in [-0.3, -0.25) is 4.79 Å². The van der Waals surface area contributed by atoms with Crippen LogP contribution in [-0.2, 0) is 9.59 Å². The summed E-state index contributed by atoms with van der Waals surface area (Å²) in [6.07, 6.45) is 5.48. The number of carbonyl (C=O) groups excluding carboxylic acids is 1. The van der Waals surface area contributed by atoms with E-state index in [1.807, 2.05) is 13.8 Å². The lowest BCUT2D eigenvalue weighted by molar-refractivity contribution is -0.144. The van der Waals surface area contributed by atoms with Gasteiger partial charge in [0, 0.05) is 6.04 Å². The number of carbonyl (C=O) groups is 2. The minimum atomic E-state index is -0.968. The Morgan fingerprint density at radius 1 is 1.32 bits per heavy atom. The first-order valence-corrected chi connectivity index (χ1v) is 7.26. The fourth-order valence-electron chi connectivity index (χ4n) is 2.61. The molecule has 110 valence electrons. The van der Waals surface area contributed by atoms with Gasteiger partial charge in [0.2, 0.25) is 5.91 Å². The second-order valence-corrected chi connectivity index (χ2v) is 5.62. The normalized spacial score (nSPS) is 27.1. The molecule has 1 amide bonds. The van der Waals surface area contributed by atoms with Gasteiger partial charge in [-0.2, -0.15) is 0 Å². The van der Waals surface area contributed by atoms with E-state index in [-0.39, 0.29) is 23.8 Å². The van der Waals surface area contributed by atoms with Gasteiger partial charge in [-0.1, -0.05) is 39.5 Å². The number of nitrogens with one attached hydrogen (secondary N) is 1. The van der Waals surface area contributed by atoms with Crippen molar-refractivity contribution in [3.63, 3.8) is 0 Å². The van der Waals surface area contributed by atoms with Gasteiger partial charge >= 0.3 is 5.97 Å². The van der Waals surface area contributed by atoms with E-state index in [1.54, 1.807) is 0 Å². The third kappa shape index (κ3) is 4.49. The van der Waals surface area contributed by atoms with E-state index in [0.717, 1.165) is 32.1 Å². The molecule has 0 aromatic carbocycles. The molecule has 0 heterocycles. The summed E-state index contributed by atoms with van der Waals surface area (Å²) in [4.78, 5) is 23.5. The summed E-state index contributed by atoms with van der Waals surface area (Å²) in [6.45, 7) is 3.76. The smallest absolute Gasteiger partial charge is 0.326 e. The zero-order valence-corrected chi connectivity index (χ0v) is 11.9. The third-order valence-corrected chi connectivity index (χ3v) is 4.18. The first kappa shape index (κ1) is 16.0. The zero-order valence-electron chi connectivity index (χ0n) is 11.9. The first-order valence-electron chi connectivity index (χ1n) is 7.26. The number of carboxylic acid groups (broad SMARTS) is 1. The standard InChI is InChI=1S/C14H26N2O3/c1-3-9(2)12(14(18)19)16-13(17)10-7-5-4-6-8-11(10)15/h9-12H,3-8,15H2,1-2H3,(H,16,17)(H,18,19). The number of hydrogen-bond acceptors (Lipinski definition) is 3. The summed E-state index contributed by atoms with van der Waals surface area (Å²) in [5, 5.41) is 11.9. The molecule has 0 bridgehead atoms. The summed E-state index contributed by atoms with van der Waals surface area (Å²) in [6, 6.07) is -0.957. The molecule has 1 aliphatic carbocycles. The summed E-state index contributed by atoms with van der Waals surface area (Å²) in [5.41, 5.74) is 6.03. The fourth-order valence-corrected chi connectivity index (χ4v) is 2.61. The highest BCUT2D eigenvalue weighted by Crippen LogP contribution is 2.23. The molecular weight excluding hydrogens is 244 g/mol. The second-order valence-electron chi connectivity index (χ2n) is 5.62. The Morgan fingerprint density at radius 2 is 1.95 bits per heavy atom. The molecule has 0 saturated heterocycles. The van der Waals surface area contributed by atoms with Crippen LogP contribution in [0.15, 0.2) is 0 Å². The van der Waals surface area contributed by atoms with Crippen molar-refractivity contribution in [2.24, 2.45) is 17.6 Å². The molecule has 0 spiro atoms. The van der Waals surface area contributed by atoms with E-state index in [0.29, 0.717) is 6.42 Å². The predicted octanol–water partition coefficient (Wildman–Crippen LogP) is 1.51. The highest BCUT2D eigenvalue weighted by atomic mass is 16.4. The summed E-state index contributed by atoms with van der Waals surface area (Å²) >= 11 is 0. The fraction of sp³-hybridized carbons (Fsp3) is 0.857. The van der Waals surface area contributed by atoms with Gasteiger partial charge in [0.05, 0.1) is 5.92 Å². The summed E-state index contributed by atoms with van der Waals surface area (Å²) in [7, 11) is 0. The summed E-state index contributed by atoms with van der Waals surface area (Å²) in [5.74, 6) is -1.48. The van der Waals surface area contributed by atoms with Crippen LogP contribution in [0.2, 0.25) is 0 Å². The maximum absolute atomic E-state index is 12.2. The van der Waals surface area contributed by atoms with Crippen LogP contribution in [0.1, 0.15) is 52.4 Å². The van der Waals surface area contributed by atoms with Gasteiger partial charge in [-0.15, -0.1) is 0 Å². The van der Waals surface area contributed by atoms with Gasteiger partial charge in [-0.25, -0.2) is 4.79 Å². The molecule has 0 aromatic rings. The molecular formula is C14H26N2O3. The van der Waals surface area contributed by atoms with Crippen LogP contribution >= 0.6 is 0 Å². The maximum Gasteiger partial charge on any atom is 0.326 e. The van der Waals surface area contributed by atoms with E-state index in [9.17, 15) is 14.7 Å². The Kier molecular flexibility index (Phi) is 6.28. The largest absolute Gasteiger partial charge is 0.480 e. The van der Waals surface area contributed by atoms with E-state index in [2.05, 4.69) is 5.32 Å². The minimum absolute atomic E-state index is 0.0801. The van der Waals surface area contributed by atoms with Crippen LogP contribution < -0.4 is 11.1 Å². The molecule has 4 N–H and O–H groups in total. The van der Waals surface area contributed by atoms with Crippen LogP contribution in [0.3, 0.4) is 0 Å². The molecule has 1 aliphatic rings. The van der Waals surface area contributed by atoms with E-state index < -0.39 is 12.0 Å². The van der Waals surface area contributed by atoms with Crippen molar-refractivity contribution < 1.29 is 14.7 Å². The van der Waals surface area contributed by atoms with Crippen molar-refractivity contribution in [3.05, 3.63) is 0 Å². The molecule has 5 heteroatoms. The van der Waals surface area contributed by atoms with Crippen LogP contribution in [0.5, 0.6) is 0 Å². The van der Waals surface area contributed by atoms with Crippen molar-refractivity contribution in [3.8, 4) is 0 Å². The van der Waals surface area contributed by atoms with Crippen LogP contribution in [0, 0.1) is 11.8 Å². The van der Waals surface area contributed by atoms with Gasteiger partial charge in [0.25, 0.3) is 0 Å². The van der Waals surface area contributed by atoms with Crippen molar-refractivity contribution in [1.29, 1.82) is 0 Å².